The first-order valence-electron chi connectivity index (χ1n) is 5.51. The van der Waals surface area contributed by atoms with E-state index >= 15 is 0 Å². The molecule has 12 heteroatoms. The van der Waals surface area contributed by atoms with E-state index in [1.165, 1.54) is 25.3 Å². The zero-order valence-corrected chi connectivity index (χ0v) is 17.2. The Kier molecular flexibility index (Phi) is 9.49. The first kappa shape index (κ1) is 22.6. The van der Waals surface area contributed by atoms with Crippen LogP contribution in [0.5, 0.6) is 5.88 Å². The molecule has 0 spiro atoms. The number of aromatic nitrogens is 2. The van der Waals surface area contributed by atoms with Crippen molar-refractivity contribution in [2.45, 2.75) is 19.4 Å². The summed E-state index contributed by atoms with van der Waals surface area (Å²) in [4.78, 5) is 44.5. The molecule has 0 radical (unpaired) electrons. The summed E-state index contributed by atoms with van der Waals surface area (Å²) >= 11 is 0. The Hall–Kier alpha value is 0.650. The Morgan fingerprint density at radius 2 is 2.09 bits per heavy atom. The number of nitrogens with zero attached hydrogens (tertiary/aromatic N) is 2. The minimum absolute atomic E-state index is 0. The Morgan fingerprint density at radius 1 is 1.45 bits per heavy atom. The predicted molar refractivity (Wildman–Crippen MR) is 60.8 cm³/mol. The van der Waals surface area contributed by atoms with E-state index in [9.17, 15) is 19.7 Å². The summed E-state index contributed by atoms with van der Waals surface area (Å²) in [5, 5.41) is 11.2. The molecular weight excluding hydrogens is 337 g/mol. The molecule has 2 atom stereocenters. The molecule has 9 nitrogen and oxygen atoms in total. The molecule has 2 heterocycles. The Labute approximate surface area is 170 Å². The summed E-state index contributed by atoms with van der Waals surface area (Å²) < 4.78 is 11.1. The van der Waals surface area contributed by atoms with E-state index in [1.807, 2.05) is 0 Å². The second-order valence-electron chi connectivity index (χ2n) is 4.13. The molecule has 0 aromatic carbocycles. The van der Waals surface area contributed by atoms with Crippen molar-refractivity contribution in [2.24, 2.45) is 0 Å². The molecule has 0 fully saturated rings. The van der Waals surface area contributed by atoms with Gasteiger partial charge in [0, 0.05) is 6.20 Å². The maximum atomic E-state index is 11.6. The van der Waals surface area contributed by atoms with Crippen LogP contribution >= 0.6 is 7.94 Å². The average molecular weight is 348 g/mol. The van der Waals surface area contributed by atoms with E-state index in [0.717, 1.165) is 4.57 Å². The molecule has 0 unspecified atom stereocenters. The quantitative estimate of drug-likeness (QED) is 0.321. The predicted octanol–water partition coefficient (Wildman–Crippen LogP) is -8.51. The third-order valence-corrected chi connectivity index (χ3v) is 2.95. The number of ether oxygens (including phenoxy) is 2. The first-order valence-corrected chi connectivity index (χ1v) is 7.27. The van der Waals surface area contributed by atoms with Crippen molar-refractivity contribution >= 4 is 7.94 Å². The zero-order valence-electron chi connectivity index (χ0n) is 12.3. The molecule has 1 aliphatic heterocycles. The van der Waals surface area contributed by atoms with Gasteiger partial charge in [-0.15, -0.1) is 0 Å². The normalized spacial score (nSPS) is 20.4. The van der Waals surface area contributed by atoms with Crippen LogP contribution in [0.4, 0.5) is 0 Å². The summed E-state index contributed by atoms with van der Waals surface area (Å²) in [5.41, 5.74) is -0.516. The van der Waals surface area contributed by atoms with Crippen LogP contribution in [-0.4, -0.2) is 27.1 Å². The molecule has 1 aromatic heterocycles. The second-order valence-corrected chi connectivity index (χ2v) is 5.67. The monoisotopic (exact) mass is 348 g/mol. The van der Waals surface area contributed by atoms with Crippen LogP contribution in [0.2, 0.25) is 0 Å². The van der Waals surface area contributed by atoms with Gasteiger partial charge in [0.15, 0.2) is 18.9 Å². The van der Waals surface area contributed by atoms with Gasteiger partial charge in [0.2, 0.25) is 0 Å². The summed E-state index contributed by atoms with van der Waals surface area (Å²) in [6, 6.07) is 0. The van der Waals surface area contributed by atoms with Crippen LogP contribution in [0.25, 0.3) is 0 Å². The van der Waals surface area contributed by atoms with Crippen molar-refractivity contribution in [3.8, 4) is 5.88 Å². The number of hydrogen-bond acceptors (Lipinski definition) is 8. The molecule has 0 saturated carbocycles. The standard InChI is InChI=1S/C10H13N2O7P.2Na/c1-6-4-12(10(14)11-9(6)13)7-2-3-8(19-7)18-5-20(15,16)17;;/h2-4,7-8H,5H2,1H3,(H,11,13,14)(H2,15,16,17);;/q;2*+1/p-2/t7-,8+;;/m1../s1. The topological polar surface area (TPSA) is 143 Å². The third-order valence-electron chi connectivity index (χ3n) is 2.47. The van der Waals surface area contributed by atoms with E-state index in [-0.39, 0.29) is 64.7 Å². The summed E-state index contributed by atoms with van der Waals surface area (Å²) in [5.74, 6) is -0.617. The van der Waals surface area contributed by atoms with Gasteiger partial charge < -0.3 is 24.4 Å². The minimum atomic E-state index is -4.54. The van der Waals surface area contributed by atoms with Gasteiger partial charge in [-0.05, 0) is 30.5 Å². The van der Waals surface area contributed by atoms with Crippen molar-refractivity contribution in [2.75, 3.05) is 6.35 Å². The van der Waals surface area contributed by atoms with Gasteiger partial charge in [-0.1, -0.05) is 0 Å². The van der Waals surface area contributed by atoms with Gasteiger partial charge in [-0.25, -0.2) is 9.78 Å². The van der Waals surface area contributed by atoms with Crippen LogP contribution < -0.4 is 79.7 Å². The van der Waals surface area contributed by atoms with Gasteiger partial charge in [0.25, 0.3) is 0 Å². The number of rotatable bonds is 4. The molecule has 1 aromatic rings. The smallest absolute Gasteiger partial charge is 0.858 e. The summed E-state index contributed by atoms with van der Waals surface area (Å²) in [6.45, 7) is 1.50. The van der Waals surface area contributed by atoms with Gasteiger partial charge in [-0.3, -0.25) is 9.46 Å². The van der Waals surface area contributed by atoms with Gasteiger partial charge in [-0.2, -0.15) is 0 Å². The minimum Gasteiger partial charge on any atom is -0.858 e. The second kappa shape index (κ2) is 9.22. The SMILES string of the molecule is Cc1cn([C@H]2C=C[C@@H](OC[P+]([O-])([O-])O)O2)c(=O)nc1[O-].[Na+].[Na+]. The average Bonchev–Trinajstić information content (AvgIpc) is 2.79. The molecule has 0 aliphatic carbocycles. The zero-order chi connectivity index (χ0) is 14.9. The van der Waals surface area contributed by atoms with Gasteiger partial charge in [0.05, 0.1) is 7.94 Å². The van der Waals surface area contributed by atoms with Crippen molar-refractivity contribution in [3.05, 3.63) is 34.4 Å². The molecule has 2 rings (SSSR count). The molecule has 1 N–H and O–H groups in total. The van der Waals surface area contributed by atoms with Crippen molar-refractivity contribution < 1.29 is 88.4 Å². The van der Waals surface area contributed by atoms with Crippen molar-refractivity contribution in [1.29, 1.82) is 0 Å². The van der Waals surface area contributed by atoms with Crippen molar-refractivity contribution in [1.82, 2.24) is 9.55 Å². The molecular formula is C10H11N2Na2O7P. The molecule has 0 saturated heterocycles. The van der Waals surface area contributed by atoms with Crippen LogP contribution in [0.3, 0.4) is 0 Å². The molecule has 110 valence electrons. The molecule has 0 amide bonds. The Balaban J connectivity index is 0.00000220. The van der Waals surface area contributed by atoms with Crippen molar-refractivity contribution in [3.63, 3.8) is 0 Å². The third kappa shape index (κ3) is 6.27. The van der Waals surface area contributed by atoms with Crippen LogP contribution in [-0.2, 0) is 9.47 Å². The Bertz CT molecular complexity index is 590. The molecule has 22 heavy (non-hydrogen) atoms. The fourth-order valence-electron chi connectivity index (χ4n) is 1.57. The van der Waals surface area contributed by atoms with E-state index in [2.05, 4.69) is 4.98 Å². The first-order chi connectivity index (χ1) is 9.26. The maximum absolute atomic E-state index is 11.6. The van der Waals surface area contributed by atoms with Crippen LogP contribution in [0, 0.1) is 6.92 Å². The van der Waals surface area contributed by atoms with E-state index in [1.54, 1.807) is 0 Å². The van der Waals surface area contributed by atoms with Gasteiger partial charge in [0.1, 0.15) is 0 Å². The van der Waals surface area contributed by atoms with Crippen LogP contribution in [0.1, 0.15) is 11.8 Å². The largest absolute Gasteiger partial charge is 1.00 e. The number of aryl methyl sites for hydroxylation is 1. The fourth-order valence-corrected chi connectivity index (χ4v) is 1.90. The van der Waals surface area contributed by atoms with E-state index < -0.39 is 38.4 Å². The molecule has 1 aliphatic rings. The molecule has 0 bridgehead atoms. The fraction of sp³-hybridized carbons (Fsp3) is 0.400. The van der Waals surface area contributed by atoms with Crippen LogP contribution in [0.15, 0.2) is 23.1 Å². The van der Waals surface area contributed by atoms with Gasteiger partial charge >= 0.3 is 64.8 Å². The summed E-state index contributed by atoms with van der Waals surface area (Å²) in [7, 11) is -4.54. The Morgan fingerprint density at radius 3 is 2.68 bits per heavy atom. The summed E-state index contributed by atoms with van der Waals surface area (Å²) in [6.07, 6.45) is 1.34. The van der Waals surface area contributed by atoms with E-state index in [0.29, 0.717) is 0 Å². The number of hydrogen-bond donors (Lipinski definition) is 1. The maximum Gasteiger partial charge on any atom is 1.00 e. The van der Waals surface area contributed by atoms with E-state index in [4.69, 9.17) is 14.4 Å².